The maximum absolute atomic E-state index is 5.07. The van der Waals surface area contributed by atoms with Gasteiger partial charge in [0.05, 0.1) is 0 Å². The quantitative estimate of drug-likeness (QED) is 0.799. The van der Waals surface area contributed by atoms with Crippen molar-refractivity contribution in [1.29, 1.82) is 0 Å². The lowest BCUT2D eigenvalue weighted by atomic mass is 9.48. The second-order valence-corrected chi connectivity index (χ2v) is 8.92. The van der Waals surface area contributed by atoms with Crippen LogP contribution in [0, 0.1) is 17.3 Å². The molecule has 2 aromatic rings. The number of allylic oxidation sites excluding steroid dienone is 2. The van der Waals surface area contributed by atoms with Crippen molar-refractivity contribution in [2.75, 3.05) is 5.32 Å². The lowest BCUT2D eigenvalue weighted by Crippen LogP contribution is -2.47. The zero-order chi connectivity index (χ0) is 17.0. The van der Waals surface area contributed by atoms with Gasteiger partial charge in [-0.1, -0.05) is 45.3 Å². The number of nitrogens with one attached hydrogen (secondary N) is 1. The zero-order valence-electron chi connectivity index (χ0n) is 15.5. The Morgan fingerprint density at radius 2 is 2.00 bits per heavy atom. The Morgan fingerprint density at radius 1 is 1.16 bits per heavy atom. The first-order valence-corrected chi connectivity index (χ1v) is 10.1. The van der Waals surface area contributed by atoms with Crippen molar-refractivity contribution in [2.45, 2.75) is 64.8 Å². The molecule has 2 fully saturated rings. The average molecular weight is 335 g/mol. The molecule has 4 aliphatic carbocycles. The Balaban J connectivity index is 1.58. The van der Waals surface area contributed by atoms with Gasteiger partial charge in [0.25, 0.3) is 0 Å². The highest BCUT2D eigenvalue weighted by atomic mass is 15.1. The Hall–Kier alpha value is -1.77. The Bertz CT molecular complexity index is 823. The van der Waals surface area contributed by atoms with Crippen LogP contribution in [0.5, 0.6) is 0 Å². The number of pyridine rings is 1. The molecule has 0 aliphatic heterocycles. The summed E-state index contributed by atoms with van der Waals surface area (Å²) in [4.78, 5) is 5.07. The molecule has 3 nitrogen and oxygen atoms in total. The lowest BCUT2D eigenvalue weighted by molar-refractivity contribution is 0.0111. The molecular formula is C22H29N3. The molecule has 0 radical (unpaired) electrons. The van der Waals surface area contributed by atoms with Crippen LogP contribution in [0.1, 0.15) is 64.5 Å². The van der Waals surface area contributed by atoms with Gasteiger partial charge in [0.2, 0.25) is 0 Å². The number of imidazole rings is 1. The van der Waals surface area contributed by atoms with Crippen LogP contribution in [-0.2, 0) is 0 Å². The minimum atomic E-state index is 0.433. The van der Waals surface area contributed by atoms with Gasteiger partial charge in [0, 0.05) is 12.2 Å². The fraction of sp³-hybridized carbons (Fsp3) is 0.591. The number of anilines is 1. The van der Waals surface area contributed by atoms with E-state index in [2.05, 4.69) is 54.0 Å². The van der Waals surface area contributed by atoms with Crippen molar-refractivity contribution in [3.8, 4) is 0 Å². The van der Waals surface area contributed by atoms with Crippen LogP contribution in [0.25, 0.3) is 11.2 Å². The lowest BCUT2D eigenvalue weighted by Gasteiger charge is -2.56. The summed E-state index contributed by atoms with van der Waals surface area (Å²) >= 11 is 0. The number of fused-ring (bicyclic) bond motifs is 2. The third kappa shape index (κ3) is 2.35. The first-order valence-electron chi connectivity index (χ1n) is 10.1. The topological polar surface area (TPSA) is 29.3 Å². The van der Waals surface area contributed by atoms with Gasteiger partial charge in [-0.15, -0.1) is 0 Å². The number of aromatic nitrogens is 2. The summed E-state index contributed by atoms with van der Waals surface area (Å²) in [6.07, 6.45) is 13.9. The monoisotopic (exact) mass is 335 g/mol. The number of rotatable bonds is 3. The van der Waals surface area contributed by atoms with Crippen LogP contribution >= 0.6 is 0 Å². The molecule has 2 aromatic heterocycles. The van der Waals surface area contributed by atoms with Crippen LogP contribution in [0.3, 0.4) is 0 Å². The Labute approximate surface area is 150 Å². The van der Waals surface area contributed by atoms with E-state index in [0.29, 0.717) is 17.4 Å². The summed E-state index contributed by atoms with van der Waals surface area (Å²) in [5.41, 5.74) is 4.21. The Morgan fingerprint density at radius 3 is 2.76 bits per heavy atom. The minimum Gasteiger partial charge on any atom is -0.367 e. The summed E-state index contributed by atoms with van der Waals surface area (Å²) in [6.45, 7) is 4.89. The molecule has 0 saturated heterocycles. The number of nitrogens with zero attached hydrogens (tertiary/aromatic N) is 2. The van der Waals surface area contributed by atoms with Crippen molar-refractivity contribution >= 4 is 17.0 Å². The molecule has 4 aliphatic rings. The second kappa shape index (κ2) is 5.62. The first kappa shape index (κ1) is 15.5. The fourth-order valence-corrected chi connectivity index (χ4v) is 5.39. The predicted molar refractivity (Wildman–Crippen MR) is 104 cm³/mol. The first-order chi connectivity index (χ1) is 12.1. The van der Waals surface area contributed by atoms with Gasteiger partial charge in [0.15, 0.2) is 0 Å². The average Bonchev–Trinajstić information content (AvgIpc) is 3.01. The summed E-state index contributed by atoms with van der Waals surface area (Å²) < 4.78 is 2.27. The smallest absolute Gasteiger partial charge is 0.139 e. The van der Waals surface area contributed by atoms with Crippen LogP contribution in [0.15, 0.2) is 30.5 Å². The molecule has 2 atom stereocenters. The Kier molecular flexibility index (Phi) is 3.48. The summed E-state index contributed by atoms with van der Waals surface area (Å²) in [5.74, 6) is 2.77. The predicted octanol–water partition coefficient (Wildman–Crippen LogP) is 5.53. The maximum atomic E-state index is 5.07. The van der Waals surface area contributed by atoms with Crippen molar-refractivity contribution in [2.24, 2.45) is 17.3 Å². The molecule has 25 heavy (non-hydrogen) atoms. The number of hydrogen-bond donors (Lipinski definition) is 1. The van der Waals surface area contributed by atoms with Gasteiger partial charge in [-0.2, -0.15) is 0 Å². The molecule has 0 unspecified atom stereocenters. The van der Waals surface area contributed by atoms with E-state index < -0.39 is 0 Å². The second-order valence-electron chi connectivity index (χ2n) is 8.92. The molecule has 3 heteroatoms. The third-order valence-corrected chi connectivity index (χ3v) is 7.22. The molecule has 2 bridgehead atoms. The van der Waals surface area contributed by atoms with Gasteiger partial charge in [0.1, 0.15) is 17.2 Å². The van der Waals surface area contributed by atoms with Gasteiger partial charge in [-0.25, -0.2) is 4.98 Å². The van der Waals surface area contributed by atoms with Crippen LogP contribution in [0.4, 0.5) is 5.82 Å². The van der Waals surface area contributed by atoms with E-state index in [4.69, 9.17) is 4.98 Å². The van der Waals surface area contributed by atoms with E-state index in [-0.39, 0.29) is 0 Å². The van der Waals surface area contributed by atoms with Crippen LogP contribution < -0.4 is 5.32 Å². The minimum absolute atomic E-state index is 0.433. The highest BCUT2D eigenvalue weighted by Gasteiger charge is 2.52. The van der Waals surface area contributed by atoms with Crippen LogP contribution in [-0.4, -0.2) is 15.4 Å². The molecule has 6 rings (SSSR count). The van der Waals surface area contributed by atoms with Crippen molar-refractivity contribution < 1.29 is 0 Å². The molecule has 132 valence electrons. The van der Waals surface area contributed by atoms with Crippen molar-refractivity contribution in [3.05, 3.63) is 36.2 Å². The highest BCUT2D eigenvalue weighted by Crippen LogP contribution is 2.61. The largest absolute Gasteiger partial charge is 0.367 e. The van der Waals surface area contributed by atoms with E-state index in [9.17, 15) is 0 Å². The van der Waals surface area contributed by atoms with Crippen molar-refractivity contribution in [1.82, 2.24) is 9.38 Å². The standard InChI is InChI=1S/C22H29N3/c1-22(2)15-11-12-17(18(22)14-15)20-21(23-16-8-4-3-5-9-16)25-13-7-6-10-19(25)24-20/h6-7,10,12-13,15-16,18,23H,3-5,8-9,11,14H2,1-2H3/t15-,18-/m0/s1. The molecule has 1 N–H and O–H groups in total. The molecule has 0 aromatic carbocycles. The normalized spacial score (nSPS) is 28.5. The number of hydrogen-bond acceptors (Lipinski definition) is 2. The SMILES string of the molecule is CC1(C)[C@H]2CC=C(c3nc4ccccn4c3NC3CCCCC3)[C@@H]1C2. The summed E-state index contributed by atoms with van der Waals surface area (Å²) in [5, 5.41) is 3.89. The van der Waals surface area contributed by atoms with Gasteiger partial charge in [-0.05, 0) is 60.6 Å². The van der Waals surface area contributed by atoms with Crippen LogP contribution in [0.2, 0.25) is 0 Å². The van der Waals surface area contributed by atoms with E-state index in [0.717, 1.165) is 11.6 Å². The summed E-state index contributed by atoms with van der Waals surface area (Å²) in [6, 6.07) is 6.94. The molecule has 2 saturated carbocycles. The van der Waals surface area contributed by atoms with Gasteiger partial charge in [-0.3, -0.25) is 4.40 Å². The third-order valence-electron chi connectivity index (χ3n) is 7.22. The van der Waals surface area contributed by atoms with E-state index in [1.54, 1.807) is 0 Å². The highest BCUT2D eigenvalue weighted by molar-refractivity contribution is 5.78. The van der Waals surface area contributed by atoms with E-state index in [1.165, 1.54) is 62.0 Å². The maximum Gasteiger partial charge on any atom is 0.139 e. The molecule has 2 heterocycles. The molecule has 0 amide bonds. The fourth-order valence-electron chi connectivity index (χ4n) is 5.39. The summed E-state index contributed by atoms with van der Waals surface area (Å²) in [7, 11) is 0. The molecule has 0 spiro atoms. The van der Waals surface area contributed by atoms with Crippen molar-refractivity contribution in [3.63, 3.8) is 0 Å². The van der Waals surface area contributed by atoms with E-state index in [1.807, 2.05) is 0 Å². The van der Waals surface area contributed by atoms with Gasteiger partial charge >= 0.3 is 0 Å². The van der Waals surface area contributed by atoms with Gasteiger partial charge < -0.3 is 5.32 Å². The zero-order valence-corrected chi connectivity index (χ0v) is 15.5. The molecular weight excluding hydrogens is 306 g/mol. The van der Waals surface area contributed by atoms with E-state index >= 15 is 0 Å².